The SMILES string of the molecule is O=C(CCn1c2c(c3ccccc31)CCCC2)N/N=C/c1ccco1. The molecule has 3 aromatic rings. The maximum Gasteiger partial charge on any atom is 0.241 e. The second-order valence-electron chi connectivity index (χ2n) is 6.36. The monoisotopic (exact) mass is 335 g/mol. The van der Waals surface area contributed by atoms with Gasteiger partial charge in [0, 0.05) is 29.6 Å². The van der Waals surface area contributed by atoms with Crippen LogP contribution >= 0.6 is 0 Å². The van der Waals surface area contributed by atoms with E-state index in [1.165, 1.54) is 41.2 Å². The Balaban J connectivity index is 1.47. The summed E-state index contributed by atoms with van der Waals surface area (Å²) in [4.78, 5) is 12.1. The van der Waals surface area contributed by atoms with Crippen LogP contribution in [0.3, 0.4) is 0 Å². The molecule has 1 aliphatic carbocycles. The summed E-state index contributed by atoms with van der Waals surface area (Å²) < 4.78 is 7.46. The topological polar surface area (TPSA) is 59.5 Å². The lowest BCUT2D eigenvalue weighted by Gasteiger charge is -2.15. The molecule has 4 rings (SSSR count). The number of hydrogen-bond acceptors (Lipinski definition) is 3. The highest BCUT2D eigenvalue weighted by atomic mass is 16.3. The third kappa shape index (κ3) is 3.22. The van der Waals surface area contributed by atoms with Gasteiger partial charge in [-0.2, -0.15) is 5.10 Å². The number of carbonyl (C=O) groups is 1. The molecular weight excluding hydrogens is 314 g/mol. The van der Waals surface area contributed by atoms with E-state index in [2.05, 4.69) is 39.4 Å². The van der Waals surface area contributed by atoms with E-state index in [-0.39, 0.29) is 5.91 Å². The molecule has 0 aliphatic heterocycles. The lowest BCUT2D eigenvalue weighted by Crippen LogP contribution is -2.20. The molecule has 2 heterocycles. The quantitative estimate of drug-likeness (QED) is 0.571. The Morgan fingerprint density at radius 2 is 2.08 bits per heavy atom. The smallest absolute Gasteiger partial charge is 0.241 e. The summed E-state index contributed by atoms with van der Waals surface area (Å²) in [5.41, 5.74) is 6.68. The molecule has 0 saturated heterocycles. The van der Waals surface area contributed by atoms with Crippen molar-refractivity contribution in [3.05, 3.63) is 59.7 Å². The van der Waals surface area contributed by atoms with Crippen molar-refractivity contribution in [2.24, 2.45) is 5.10 Å². The third-order valence-corrected chi connectivity index (χ3v) is 4.77. The Morgan fingerprint density at radius 3 is 2.96 bits per heavy atom. The number of furan rings is 1. The number of benzene rings is 1. The molecule has 5 nitrogen and oxygen atoms in total. The second-order valence-corrected chi connectivity index (χ2v) is 6.36. The van der Waals surface area contributed by atoms with Crippen molar-refractivity contribution < 1.29 is 9.21 Å². The van der Waals surface area contributed by atoms with Crippen molar-refractivity contribution in [1.82, 2.24) is 9.99 Å². The highest BCUT2D eigenvalue weighted by Crippen LogP contribution is 2.32. The van der Waals surface area contributed by atoms with Crippen molar-refractivity contribution >= 4 is 23.0 Å². The van der Waals surface area contributed by atoms with Crippen LogP contribution in [0.1, 0.15) is 36.3 Å². The Hall–Kier alpha value is -2.82. The molecule has 25 heavy (non-hydrogen) atoms. The number of para-hydroxylation sites is 1. The number of hydrazone groups is 1. The number of amides is 1. The summed E-state index contributed by atoms with van der Waals surface area (Å²) in [6.45, 7) is 0.679. The molecular formula is C20H21N3O2. The molecule has 2 aromatic heterocycles. The van der Waals surface area contributed by atoms with Crippen LogP contribution in [0.2, 0.25) is 0 Å². The first-order valence-electron chi connectivity index (χ1n) is 8.77. The van der Waals surface area contributed by atoms with Crippen LogP contribution in [0.5, 0.6) is 0 Å². The van der Waals surface area contributed by atoms with E-state index in [1.54, 1.807) is 18.4 Å². The Kier molecular flexibility index (Phi) is 4.37. The van der Waals surface area contributed by atoms with Gasteiger partial charge in [-0.05, 0) is 49.4 Å². The summed E-state index contributed by atoms with van der Waals surface area (Å²) in [6, 6.07) is 12.1. The number of rotatable bonds is 5. The number of aryl methyl sites for hydroxylation is 2. The van der Waals surface area contributed by atoms with Gasteiger partial charge < -0.3 is 8.98 Å². The predicted molar refractivity (Wildman–Crippen MR) is 97.6 cm³/mol. The van der Waals surface area contributed by atoms with Gasteiger partial charge in [-0.15, -0.1) is 0 Å². The molecule has 0 fully saturated rings. The first kappa shape index (κ1) is 15.7. The van der Waals surface area contributed by atoms with Gasteiger partial charge in [0.2, 0.25) is 5.91 Å². The minimum atomic E-state index is -0.0925. The predicted octanol–water partition coefficient (Wildman–Crippen LogP) is 3.65. The van der Waals surface area contributed by atoms with Gasteiger partial charge in [-0.3, -0.25) is 4.79 Å². The van der Waals surface area contributed by atoms with Gasteiger partial charge in [-0.25, -0.2) is 5.43 Å². The molecule has 1 aromatic carbocycles. The van der Waals surface area contributed by atoms with E-state index in [0.29, 0.717) is 18.7 Å². The lowest BCUT2D eigenvalue weighted by molar-refractivity contribution is -0.121. The van der Waals surface area contributed by atoms with E-state index >= 15 is 0 Å². The van der Waals surface area contributed by atoms with Crippen LogP contribution < -0.4 is 5.43 Å². The zero-order valence-electron chi connectivity index (χ0n) is 14.1. The summed E-state index contributed by atoms with van der Waals surface area (Å²) in [6.07, 6.45) is 8.20. The van der Waals surface area contributed by atoms with Crippen LogP contribution in [0.15, 0.2) is 52.2 Å². The summed E-state index contributed by atoms with van der Waals surface area (Å²) >= 11 is 0. The highest BCUT2D eigenvalue weighted by molar-refractivity contribution is 5.86. The lowest BCUT2D eigenvalue weighted by atomic mass is 9.95. The molecule has 128 valence electrons. The third-order valence-electron chi connectivity index (χ3n) is 4.77. The molecule has 0 spiro atoms. The van der Waals surface area contributed by atoms with E-state index in [9.17, 15) is 4.79 Å². The molecule has 0 unspecified atom stereocenters. The van der Waals surface area contributed by atoms with Crippen molar-refractivity contribution in [3.63, 3.8) is 0 Å². The van der Waals surface area contributed by atoms with Crippen molar-refractivity contribution in [2.45, 2.75) is 38.6 Å². The number of nitrogens with one attached hydrogen (secondary N) is 1. The Labute approximate surface area is 146 Å². The van der Waals surface area contributed by atoms with Gasteiger partial charge in [-0.1, -0.05) is 18.2 Å². The fraction of sp³-hybridized carbons (Fsp3) is 0.300. The minimum absolute atomic E-state index is 0.0925. The second kappa shape index (κ2) is 6.97. The summed E-state index contributed by atoms with van der Waals surface area (Å²) in [5.74, 6) is 0.524. The number of carbonyl (C=O) groups excluding carboxylic acids is 1. The van der Waals surface area contributed by atoms with E-state index < -0.39 is 0 Å². The zero-order valence-corrected chi connectivity index (χ0v) is 14.1. The average molecular weight is 335 g/mol. The fourth-order valence-corrected chi connectivity index (χ4v) is 3.64. The van der Waals surface area contributed by atoms with Crippen LogP contribution in [0.25, 0.3) is 10.9 Å². The van der Waals surface area contributed by atoms with E-state index in [0.717, 1.165) is 12.8 Å². The highest BCUT2D eigenvalue weighted by Gasteiger charge is 2.19. The Morgan fingerprint density at radius 1 is 1.20 bits per heavy atom. The van der Waals surface area contributed by atoms with Crippen molar-refractivity contribution in [3.8, 4) is 0 Å². The molecule has 5 heteroatoms. The first-order valence-corrected chi connectivity index (χ1v) is 8.77. The van der Waals surface area contributed by atoms with E-state index in [4.69, 9.17) is 4.42 Å². The molecule has 1 amide bonds. The molecule has 0 atom stereocenters. The maximum atomic E-state index is 12.1. The number of aromatic nitrogens is 1. The van der Waals surface area contributed by atoms with E-state index in [1.807, 2.05) is 0 Å². The van der Waals surface area contributed by atoms with Crippen molar-refractivity contribution in [1.29, 1.82) is 0 Å². The van der Waals surface area contributed by atoms with Crippen molar-refractivity contribution in [2.75, 3.05) is 0 Å². The zero-order chi connectivity index (χ0) is 17.1. The maximum absolute atomic E-state index is 12.1. The average Bonchev–Trinajstić information content (AvgIpc) is 3.26. The number of fused-ring (bicyclic) bond motifs is 3. The summed E-state index contributed by atoms with van der Waals surface area (Å²) in [7, 11) is 0. The molecule has 1 aliphatic rings. The van der Waals surface area contributed by atoms with Gasteiger partial charge >= 0.3 is 0 Å². The Bertz CT molecular complexity index is 907. The molecule has 0 bridgehead atoms. The minimum Gasteiger partial charge on any atom is -0.463 e. The van der Waals surface area contributed by atoms with Gasteiger partial charge in [0.05, 0.1) is 12.5 Å². The summed E-state index contributed by atoms with van der Waals surface area (Å²) in [5, 5.41) is 5.28. The molecule has 1 N–H and O–H groups in total. The normalized spacial score (nSPS) is 14.1. The fourth-order valence-electron chi connectivity index (χ4n) is 3.64. The number of hydrogen-bond donors (Lipinski definition) is 1. The van der Waals surface area contributed by atoms with Gasteiger partial charge in [0.25, 0.3) is 0 Å². The molecule has 0 radical (unpaired) electrons. The van der Waals surface area contributed by atoms with Crippen LogP contribution in [-0.2, 0) is 24.2 Å². The van der Waals surface area contributed by atoms with Gasteiger partial charge in [0.15, 0.2) is 0 Å². The molecule has 0 saturated carbocycles. The standard InChI is InChI=1S/C20H21N3O2/c24-20(22-21-14-15-6-5-13-25-15)11-12-23-18-9-3-1-7-16(18)17-8-2-4-10-19(17)23/h1,3,5-7,9,13-14H,2,4,8,10-12H2,(H,22,24)/b21-14+. The largest absolute Gasteiger partial charge is 0.463 e. The van der Waals surface area contributed by atoms with Crippen LogP contribution in [0, 0.1) is 0 Å². The number of nitrogens with zero attached hydrogens (tertiary/aromatic N) is 2. The van der Waals surface area contributed by atoms with Crippen LogP contribution in [-0.4, -0.2) is 16.7 Å². The van der Waals surface area contributed by atoms with Crippen LogP contribution in [0.4, 0.5) is 0 Å². The first-order chi connectivity index (χ1) is 12.3. The van der Waals surface area contributed by atoms with Gasteiger partial charge in [0.1, 0.15) is 5.76 Å².